The molecule has 0 fully saturated rings. The van der Waals surface area contributed by atoms with E-state index in [4.69, 9.17) is 0 Å². The fraction of sp³-hybridized carbons (Fsp3) is 0.135. The monoisotopic (exact) mass is 2080 g/mol. The van der Waals surface area contributed by atoms with Gasteiger partial charge in [0.2, 0.25) is 17.7 Å². The van der Waals surface area contributed by atoms with Gasteiger partial charge in [0.1, 0.15) is 0 Å². The summed E-state index contributed by atoms with van der Waals surface area (Å²) < 4.78 is 2.94. The lowest BCUT2D eigenvalue weighted by Gasteiger charge is -2.19. The van der Waals surface area contributed by atoms with E-state index in [9.17, 15) is 43.2 Å². The molecule has 27 heteroatoms. The highest BCUT2D eigenvalue weighted by atomic mass is 127. The fourth-order valence-electron chi connectivity index (χ4n) is 6.32. The summed E-state index contributed by atoms with van der Waals surface area (Å²) in [7, 11) is 0. The van der Waals surface area contributed by atoms with Crippen LogP contribution in [-0.4, -0.2) is 92.4 Å². The lowest BCUT2D eigenvalue weighted by molar-refractivity contribution is -0.112. The summed E-state index contributed by atoms with van der Waals surface area (Å²) in [4.78, 5) is 123. The Bertz CT molecular complexity index is 2680. The lowest BCUT2D eigenvalue weighted by Crippen LogP contribution is -2.30. The Kier molecular flexibility index (Phi) is 31.5. The van der Waals surface area contributed by atoms with Gasteiger partial charge in [0.05, 0.1) is 71.9 Å². The minimum Gasteiger partial charge on any atom is -0.349 e. The SMILES string of the molecule is C=CCNC(=O)c1c(I)c(NC(=O)C=CC(C=CC(=O)Nc2c(I)c(C(=O)NCC=C)c(I)c(C(=O)NCC=C)c2I)C=CC(=O)Nc2c(I)c(C(=O)NCC=C)c(I)c(C(=O)NCC=C)c2I)c(I)c(C(=O)NCC=C)c1I. The van der Waals surface area contributed by atoms with Crippen LogP contribution in [-0.2, 0) is 14.4 Å². The number of hydrogen-bond acceptors (Lipinski definition) is 9. The molecule has 416 valence electrons. The Labute approximate surface area is 579 Å². The molecule has 0 aliphatic rings. The van der Waals surface area contributed by atoms with Gasteiger partial charge in [-0.05, 0) is 203 Å². The predicted molar refractivity (Wildman–Crippen MR) is 386 cm³/mol. The van der Waals surface area contributed by atoms with E-state index in [1.165, 1.54) is 54.7 Å². The highest BCUT2D eigenvalue weighted by Gasteiger charge is 2.31. The zero-order valence-corrected chi connectivity index (χ0v) is 60.5. The minimum atomic E-state index is -1.01. The third-order valence-electron chi connectivity index (χ3n) is 9.91. The van der Waals surface area contributed by atoms with Gasteiger partial charge in [-0.25, -0.2) is 0 Å². The Morgan fingerprint density at radius 2 is 0.468 bits per heavy atom. The van der Waals surface area contributed by atoms with Crippen molar-refractivity contribution < 1.29 is 43.2 Å². The van der Waals surface area contributed by atoms with Crippen LogP contribution in [0.15, 0.2) is 112 Å². The lowest BCUT2D eigenvalue weighted by atomic mass is 10.1. The van der Waals surface area contributed by atoms with Gasteiger partial charge < -0.3 is 47.9 Å². The first-order valence-electron chi connectivity index (χ1n) is 22.4. The number of amides is 9. The zero-order valence-electron chi connectivity index (χ0n) is 41.1. The van der Waals surface area contributed by atoms with Crippen molar-refractivity contribution in [3.05, 3.63) is 178 Å². The number of carbonyl (C=O) groups is 9. The molecule has 18 nitrogen and oxygen atoms in total. The van der Waals surface area contributed by atoms with Crippen LogP contribution in [0.1, 0.15) is 62.1 Å². The third-order valence-corrected chi connectivity index (χ3v) is 19.6. The van der Waals surface area contributed by atoms with Crippen molar-refractivity contribution in [1.82, 2.24) is 31.9 Å². The molecule has 0 bridgehead atoms. The molecule has 0 aliphatic carbocycles. The van der Waals surface area contributed by atoms with Crippen LogP contribution in [0, 0.1) is 38.0 Å². The summed E-state index contributed by atoms with van der Waals surface area (Å²) in [5, 5.41) is 24.7. The summed E-state index contributed by atoms with van der Waals surface area (Å²) >= 11 is 17.2. The van der Waals surface area contributed by atoms with Crippen LogP contribution in [0.5, 0.6) is 0 Å². The van der Waals surface area contributed by atoms with Crippen molar-refractivity contribution in [2.75, 3.05) is 55.2 Å². The first-order chi connectivity index (χ1) is 37.5. The van der Waals surface area contributed by atoms with Crippen molar-refractivity contribution in [3.63, 3.8) is 0 Å². The molecule has 79 heavy (non-hydrogen) atoms. The number of allylic oxidation sites excluding steroid dienone is 3. The van der Waals surface area contributed by atoms with Gasteiger partial charge in [-0.2, -0.15) is 0 Å². The van der Waals surface area contributed by atoms with Gasteiger partial charge in [0.25, 0.3) is 35.4 Å². The molecule has 0 unspecified atom stereocenters. The van der Waals surface area contributed by atoms with Crippen LogP contribution in [0.2, 0.25) is 0 Å². The molecule has 3 rings (SSSR count). The summed E-state index contributed by atoms with van der Waals surface area (Å²) in [6, 6.07) is 0. The number of anilines is 3. The third kappa shape index (κ3) is 19.3. The molecule has 0 heterocycles. The number of halogens is 9. The van der Waals surface area contributed by atoms with Gasteiger partial charge in [0, 0.05) is 74.1 Å². The van der Waals surface area contributed by atoms with E-state index in [1.807, 2.05) is 203 Å². The summed E-state index contributed by atoms with van der Waals surface area (Å²) in [5.74, 6) is -6.34. The Morgan fingerprint density at radius 3 is 0.620 bits per heavy atom. The van der Waals surface area contributed by atoms with Crippen LogP contribution in [0.4, 0.5) is 17.1 Å². The molecule has 0 aliphatic heterocycles. The maximum Gasteiger partial charge on any atom is 0.253 e. The van der Waals surface area contributed by atoms with Gasteiger partial charge in [-0.1, -0.05) is 54.7 Å². The molecule has 0 saturated carbocycles. The smallest absolute Gasteiger partial charge is 0.253 e. The quantitative estimate of drug-likeness (QED) is 0.0199. The molecule has 9 amide bonds. The largest absolute Gasteiger partial charge is 0.349 e. The van der Waals surface area contributed by atoms with E-state index in [-0.39, 0.29) is 89.7 Å². The molecule has 0 saturated heterocycles. The topological polar surface area (TPSA) is 262 Å². The number of rotatable bonds is 27. The minimum absolute atomic E-state index is 0.120. The average Bonchev–Trinajstić information content (AvgIpc) is 3.40. The zero-order chi connectivity index (χ0) is 59.3. The molecule has 9 N–H and O–H groups in total. The van der Waals surface area contributed by atoms with E-state index in [1.54, 1.807) is 0 Å². The summed E-state index contributed by atoms with van der Waals surface area (Å²) in [5.41, 5.74) is 1.23. The van der Waals surface area contributed by atoms with Crippen LogP contribution in [0.3, 0.4) is 0 Å². The van der Waals surface area contributed by atoms with Gasteiger partial charge in [-0.3, -0.25) is 43.2 Å². The molecular formula is C52H46I9N9O9. The number of benzene rings is 3. The van der Waals surface area contributed by atoms with E-state index >= 15 is 0 Å². The molecule has 3 aromatic carbocycles. The Balaban J connectivity index is 2.26. The average molecular weight is 2080 g/mol. The molecular weight excluding hydrogens is 2040 g/mol. The van der Waals surface area contributed by atoms with Gasteiger partial charge in [0.15, 0.2) is 0 Å². The summed E-state index contributed by atoms with van der Waals surface area (Å²) in [6.07, 6.45) is 16.5. The second-order valence-corrected chi connectivity index (χ2v) is 25.0. The maximum atomic E-state index is 14.0. The van der Waals surface area contributed by atoms with E-state index in [0.29, 0.717) is 32.1 Å². The van der Waals surface area contributed by atoms with Crippen molar-refractivity contribution in [3.8, 4) is 0 Å². The number of hydrogen-bond donors (Lipinski definition) is 9. The highest BCUT2D eigenvalue weighted by Crippen LogP contribution is 2.39. The van der Waals surface area contributed by atoms with Crippen molar-refractivity contribution in [1.29, 1.82) is 0 Å². The predicted octanol–water partition coefficient (Wildman–Crippen LogP) is 10.1. The fourth-order valence-corrected chi connectivity index (χ4v) is 19.6. The van der Waals surface area contributed by atoms with Crippen molar-refractivity contribution in [2.24, 2.45) is 5.92 Å². The number of carbonyl (C=O) groups excluding carboxylic acids is 9. The standard InChI is InChI=1S/C52H46I9N9O9/c1-7-19-62-47(74)29-35(53)30(48(75)63-20-8-2)39(57)44(38(29)56)68-26(71)16-13-25(14-17-27(72)69-45-40(58)31(49(76)64-21-9-3)36(54)32(41(45)59)50(77)65-22-10-4)15-18-28(73)70-46-42(60)33(51(78)66-23-11-5)37(55)34(43(46)61)52(79)67-24-12-6/h7-18,25H,1-6,19-24H2,(H,62,74)(H,63,75)(H,64,76)(H,65,77)(H,66,78)(H,67,79)(H,68,71)(H,69,72)(H,70,73). The molecule has 3 aromatic rings. The molecule has 0 atom stereocenters. The second-order valence-electron chi connectivity index (χ2n) is 15.3. The molecule has 0 spiro atoms. The van der Waals surface area contributed by atoms with Crippen LogP contribution < -0.4 is 47.9 Å². The van der Waals surface area contributed by atoms with E-state index in [2.05, 4.69) is 87.3 Å². The Morgan fingerprint density at radius 1 is 0.304 bits per heavy atom. The van der Waals surface area contributed by atoms with Crippen LogP contribution >= 0.6 is 203 Å². The normalized spacial score (nSPS) is 11.2. The highest BCUT2D eigenvalue weighted by molar-refractivity contribution is 14.1. The van der Waals surface area contributed by atoms with Crippen molar-refractivity contribution >= 4 is 274 Å². The first-order valence-corrected chi connectivity index (χ1v) is 32.1. The first kappa shape index (κ1) is 70.4. The second kappa shape index (κ2) is 35.3. The Hall–Kier alpha value is -2.88. The maximum absolute atomic E-state index is 14.0. The van der Waals surface area contributed by atoms with Gasteiger partial charge in [-0.15, -0.1) is 39.5 Å². The summed E-state index contributed by atoms with van der Waals surface area (Å²) in [6.45, 7) is 22.6. The number of nitrogens with one attached hydrogen (secondary N) is 9. The van der Waals surface area contributed by atoms with E-state index in [0.717, 1.165) is 18.2 Å². The molecule has 0 radical (unpaired) electrons. The van der Waals surface area contributed by atoms with Crippen molar-refractivity contribution in [2.45, 2.75) is 0 Å². The molecule has 0 aromatic heterocycles. The van der Waals surface area contributed by atoms with Crippen LogP contribution in [0.25, 0.3) is 0 Å². The van der Waals surface area contributed by atoms with E-state index < -0.39 is 59.1 Å². The van der Waals surface area contributed by atoms with Gasteiger partial charge >= 0.3 is 0 Å².